The molecule has 0 aromatic rings. The second-order valence-corrected chi connectivity index (χ2v) is 4.07. The fourth-order valence-electron chi connectivity index (χ4n) is 0.748. The highest BCUT2D eigenvalue weighted by molar-refractivity contribution is 8.20. The Morgan fingerprint density at radius 3 is 2.56 bits per heavy atom. The third-order valence-corrected chi connectivity index (χ3v) is 3.02. The van der Waals surface area contributed by atoms with E-state index < -0.39 is 11.0 Å². The molecule has 0 aromatic carbocycles. The molecule has 0 atom stereocenters. The molecular formula is C4H12N2O2S. The molecule has 0 bridgehead atoms. The van der Waals surface area contributed by atoms with Crippen LogP contribution < -0.4 is 4.72 Å². The van der Waals surface area contributed by atoms with Gasteiger partial charge in [0.2, 0.25) is 0 Å². The van der Waals surface area contributed by atoms with E-state index in [0.717, 1.165) is 13.0 Å². The third kappa shape index (κ3) is 1.56. The molecule has 4 nitrogen and oxygen atoms in total. The molecule has 5 heteroatoms. The molecule has 1 heterocycles. The first-order chi connectivity index (χ1) is 4.13. The number of rotatable bonds is 0. The number of hydrogen-bond donors (Lipinski definition) is 3. The fourth-order valence-corrected chi connectivity index (χ4v) is 1.77. The minimum absolute atomic E-state index is 0.701. The van der Waals surface area contributed by atoms with Gasteiger partial charge in [-0.15, -0.1) is 0 Å². The smallest absolute Gasteiger partial charge is 0.0201 e. The molecular weight excluding hydrogens is 140 g/mol. The van der Waals surface area contributed by atoms with Crippen molar-refractivity contribution in [2.45, 2.75) is 6.42 Å². The van der Waals surface area contributed by atoms with Gasteiger partial charge in [0.25, 0.3) is 0 Å². The minimum atomic E-state index is -2.58. The predicted molar refractivity (Wildman–Crippen MR) is 38.1 cm³/mol. The summed E-state index contributed by atoms with van der Waals surface area (Å²) in [6, 6.07) is 0. The highest BCUT2D eigenvalue weighted by Gasteiger charge is 2.21. The van der Waals surface area contributed by atoms with Gasteiger partial charge in [0.15, 0.2) is 0 Å². The maximum Gasteiger partial charge on any atom is 0.0201 e. The molecule has 0 aliphatic carbocycles. The van der Waals surface area contributed by atoms with Crippen LogP contribution in [0.2, 0.25) is 0 Å². The van der Waals surface area contributed by atoms with Gasteiger partial charge in [0, 0.05) is 20.1 Å². The molecule has 0 amide bonds. The largest absolute Gasteiger partial charge is 0.272 e. The van der Waals surface area contributed by atoms with E-state index in [0.29, 0.717) is 6.54 Å². The summed E-state index contributed by atoms with van der Waals surface area (Å²) in [7, 11) is -0.882. The summed E-state index contributed by atoms with van der Waals surface area (Å²) in [4.78, 5) is 0. The summed E-state index contributed by atoms with van der Waals surface area (Å²) in [5.41, 5.74) is 0. The molecule has 0 unspecified atom stereocenters. The second-order valence-electron chi connectivity index (χ2n) is 2.12. The Labute approximate surface area is 56.5 Å². The van der Waals surface area contributed by atoms with Gasteiger partial charge in [-0.1, -0.05) is 11.0 Å². The molecule has 1 aliphatic heterocycles. The van der Waals surface area contributed by atoms with E-state index in [-0.39, 0.29) is 0 Å². The van der Waals surface area contributed by atoms with Crippen molar-refractivity contribution in [3.63, 3.8) is 0 Å². The normalized spacial score (nSPS) is 31.9. The summed E-state index contributed by atoms with van der Waals surface area (Å²) >= 11 is 0. The van der Waals surface area contributed by atoms with Crippen molar-refractivity contribution in [3.8, 4) is 0 Å². The monoisotopic (exact) mass is 152 g/mol. The molecule has 0 spiro atoms. The molecule has 3 N–H and O–H groups in total. The van der Waals surface area contributed by atoms with Crippen LogP contribution in [0, 0.1) is 0 Å². The van der Waals surface area contributed by atoms with Crippen molar-refractivity contribution in [1.82, 2.24) is 9.03 Å². The zero-order valence-corrected chi connectivity index (χ0v) is 6.19. The van der Waals surface area contributed by atoms with E-state index in [1.807, 2.05) is 0 Å². The summed E-state index contributed by atoms with van der Waals surface area (Å²) in [6.45, 7) is 1.46. The third-order valence-electron chi connectivity index (χ3n) is 1.38. The first-order valence-electron chi connectivity index (χ1n) is 2.87. The fraction of sp³-hybridized carbons (Fsp3) is 1.00. The van der Waals surface area contributed by atoms with Crippen LogP contribution in [0.1, 0.15) is 6.42 Å². The highest BCUT2D eigenvalue weighted by atomic mass is 32.3. The molecule has 1 saturated heterocycles. The van der Waals surface area contributed by atoms with Gasteiger partial charge >= 0.3 is 0 Å². The minimum Gasteiger partial charge on any atom is -0.272 e. The maximum absolute atomic E-state index is 9.10. The lowest BCUT2D eigenvalue weighted by Crippen LogP contribution is -2.40. The first-order valence-corrected chi connectivity index (χ1v) is 4.37. The summed E-state index contributed by atoms with van der Waals surface area (Å²) in [5.74, 6) is 0. The van der Waals surface area contributed by atoms with Crippen LogP contribution in [0.3, 0.4) is 0 Å². The van der Waals surface area contributed by atoms with Gasteiger partial charge in [-0.2, -0.15) is 4.31 Å². The van der Waals surface area contributed by atoms with E-state index >= 15 is 0 Å². The van der Waals surface area contributed by atoms with Gasteiger partial charge in [0.1, 0.15) is 0 Å². The number of hydrogen-bond acceptors (Lipinski definition) is 4. The van der Waals surface area contributed by atoms with Crippen molar-refractivity contribution >= 4 is 11.0 Å². The molecule has 1 fully saturated rings. The van der Waals surface area contributed by atoms with Crippen LogP contribution in [0.25, 0.3) is 0 Å². The lowest BCUT2D eigenvalue weighted by Gasteiger charge is -2.43. The molecule has 1 rings (SSSR count). The zero-order valence-electron chi connectivity index (χ0n) is 5.37. The predicted octanol–water partition coefficient (Wildman–Crippen LogP) is 0.492. The standard InChI is InChI=1S/C4H12N2O2S/c1-6-4-2-3-5-9(6,7)8/h5,7-8H,2-4H2,1H3. The van der Waals surface area contributed by atoms with Crippen LogP contribution in [-0.2, 0) is 0 Å². The zero-order chi connectivity index (χ0) is 6.91. The van der Waals surface area contributed by atoms with Crippen molar-refractivity contribution in [1.29, 1.82) is 0 Å². The van der Waals surface area contributed by atoms with Gasteiger partial charge in [-0.05, 0) is 6.42 Å². The second kappa shape index (κ2) is 2.43. The van der Waals surface area contributed by atoms with Gasteiger partial charge < -0.3 is 0 Å². The summed E-state index contributed by atoms with van der Waals surface area (Å²) < 4.78 is 22.4. The Bertz CT molecular complexity index is 109. The Morgan fingerprint density at radius 2 is 2.22 bits per heavy atom. The van der Waals surface area contributed by atoms with Gasteiger partial charge in [-0.25, -0.2) is 4.72 Å². The molecule has 0 saturated carbocycles. The van der Waals surface area contributed by atoms with Crippen molar-refractivity contribution in [2.75, 3.05) is 20.1 Å². The Hall–Kier alpha value is 0.190. The Kier molecular flexibility index (Phi) is 1.97. The van der Waals surface area contributed by atoms with Crippen LogP contribution in [0.4, 0.5) is 0 Å². The Morgan fingerprint density at radius 1 is 1.56 bits per heavy atom. The Balaban J connectivity index is 2.49. The molecule has 56 valence electrons. The summed E-state index contributed by atoms with van der Waals surface area (Å²) in [5, 5.41) is 0. The first kappa shape index (κ1) is 7.30. The SMILES string of the molecule is CN1CCCNS1(O)O. The van der Waals surface area contributed by atoms with E-state index in [9.17, 15) is 0 Å². The van der Waals surface area contributed by atoms with Gasteiger partial charge in [0.05, 0.1) is 0 Å². The van der Waals surface area contributed by atoms with E-state index in [2.05, 4.69) is 4.72 Å². The molecule has 9 heavy (non-hydrogen) atoms. The lowest BCUT2D eigenvalue weighted by atomic mass is 10.4. The van der Waals surface area contributed by atoms with Crippen LogP contribution in [-0.4, -0.2) is 33.5 Å². The van der Waals surface area contributed by atoms with E-state index in [1.54, 1.807) is 7.05 Å². The van der Waals surface area contributed by atoms with Crippen molar-refractivity contribution < 1.29 is 9.11 Å². The average Bonchev–Trinajstić information content (AvgIpc) is 1.77. The van der Waals surface area contributed by atoms with Gasteiger partial charge in [-0.3, -0.25) is 9.11 Å². The average molecular weight is 152 g/mol. The van der Waals surface area contributed by atoms with E-state index in [4.69, 9.17) is 9.11 Å². The number of nitrogens with one attached hydrogen (secondary N) is 1. The van der Waals surface area contributed by atoms with Crippen molar-refractivity contribution in [2.24, 2.45) is 0 Å². The molecule has 1 aliphatic rings. The number of nitrogens with zero attached hydrogens (tertiary/aromatic N) is 1. The van der Waals surface area contributed by atoms with Crippen LogP contribution in [0.15, 0.2) is 0 Å². The topological polar surface area (TPSA) is 55.7 Å². The van der Waals surface area contributed by atoms with Crippen LogP contribution in [0.5, 0.6) is 0 Å². The lowest BCUT2D eigenvalue weighted by molar-refractivity contribution is 0.344. The van der Waals surface area contributed by atoms with E-state index in [1.165, 1.54) is 4.31 Å². The summed E-state index contributed by atoms with van der Waals surface area (Å²) in [6.07, 6.45) is 0.979. The maximum atomic E-state index is 9.10. The van der Waals surface area contributed by atoms with Crippen molar-refractivity contribution in [3.05, 3.63) is 0 Å². The molecule has 0 radical (unpaired) electrons. The van der Waals surface area contributed by atoms with Crippen LogP contribution >= 0.6 is 11.0 Å². The highest BCUT2D eigenvalue weighted by Crippen LogP contribution is 2.38. The molecule has 0 aromatic heterocycles. The quantitative estimate of drug-likeness (QED) is 0.473.